The van der Waals surface area contributed by atoms with Gasteiger partial charge in [0.1, 0.15) is 0 Å². The SMILES string of the molecule is COc1c(C2(C(=O)O)CCCCC2)cc(C)c(C)c1O. The minimum atomic E-state index is -0.931. The van der Waals surface area contributed by atoms with Gasteiger partial charge < -0.3 is 14.9 Å². The Labute approximate surface area is 119 Å². The number of aromatic hydroxyl groups is 1. The number of aryl methyl sites for hydroxylation is 1. The molecule has 1 aliphatic rings. The van der Waals surface area contributed by atoms with Gasteiger partial charge in [0.2, 0.25) is 0 Å². The summed E-state index contributed by atoms with van der Waals surface area (Å²) >= 11 is 0. The van der Waals surface area contributed by atoms with Crippen molar-refractivity contribution in [1.82, 2.24) is 0 Å². The van der Waals surface area contributed by atoms with Crippen LogP contribution in [0.4, 0.5) is 0 Å². The van der Waals surface area contributed by atoms with Crippen molar-refractivity contribution in [1.29, 1.82) is 0 Å². The monoisotopic (exact) mass is 278 g/mol. The van der Waals surface area contributed by atoms with Gasteiger partial charge in [-0.3, -0.25) is 4.79 Å². The summed E-state index contributed by atoms with van der Waals surface area (Å²) in [6, 6.07) is 1.87. The highest BCUT2D eigenvalue weighted by atomic mass is 16.5. The predicted molar refractivity (Wildman–Crippen MR) is 76.5 cm³/mol. The van der Waals surface area contributed by atoms with E-state index in [0.717, 1.165) is 30.4 Å². The molecule has 0 aliphatic heterocycles. The number of phenolic OH excluding ortho intramolecular Hbond substituents is 1. The van der Waals surface area contributed by atoms with E-state index in [1.807, 2.05) is 19.9 Å². The molecule has 0 heterocycles. The Kier molecular flexibility index (Phi) is 3.93. The zero-order chi connectivity index (χ0) is 14.9. The summed E-state index contributed by atoms with van der Waals surface area (Å²) in [5, 5.41) is 20.0. The lowest BCUT2D eigenvalue weighted by molar-refractivity contribution is -0.145. The van der Waals surface area contributed by atoms with Gasteiger partial charge in [-0.1, -0.05) is 25.3 Å². The first kappa shape index (κ1) is 14.7. The van der Waals surface area contributed by atoms with Crippen LogP contribution < -0.4 is 4.74 Å². The van der Waals surface area contributed by atoms with Crippen molar-refractivity contribution >= 4 is 5.97 Å². The van der Waals surface area contributed by atoms with Crippen LogP contribution in [0.5, 0.6) is 11.5 Å². The van der Waals surface area contributed by atoms with Crippen molar-refractivity contribution in [3.05, 3.63) is 22.8 Å². The number of aliphatic carboxylic acids is 1. The maximum absolute atomic E-state index is 11.9. The fourth-order valence-corrected chi connectivity index (χ4v) is 3.19. The quantitative estimate of drug-likeness (QED) is 0.890. The van der Waals surface area contributed by atoms with Gasteiger partial charge in [-0.05, 0) is 37.8 Å². The second-order valence-corrected chi connectivity index (χ2v) is 5.70. The Bertz CT molecular complexity index is 528. The predicted octanol–water partition coefficient (Wildman–Crippen LogP) is 3.30. The molecule has 1 aliphatic carbocycles. The molecule has 4 heteroatoms. The molecule has 2 rings (SSSR count). The maximum atomic E-state index is 11.9. The first-order valence-electron chi connectivity index (χ1n) is 7.05. The number of benzene rings is 1. The van der Waals surface area contributed by atoms with Crippen molar-refractivity contribution in [2.45, 2.75) is 51.4 Å². The fourth-order valence-electron chi connectivity index (χ4n) is 3.19. The average molecular weight is 278 g/mol. The minimum Gasteiger partial charge on any atom is -0.504 e. The Morgan fingerprint density at radius 2 is 1.85 bits per heavy atom. The molecule has 1 fully saturated rings. The molecule has 1 aromatic rings. The number of rotatable bonds is 3. The van der Waals surface area contributed by atoms with Gasteiger partial charge in [-0.2, -0.15) is 0 Å². The van der Waals surface area contributed by atoms with Gasteiger partial charge in [0.25, 0.3) is 0 Å². The van der Waals surface area contributed by atoms with Crippen molar-refractivity contribution in [2.75, 3.05) is 7.11 Å². The van der Waals surface area contributed by atoms with Gasteiger partial charge in [0.05, 0.1) is 12.5 Å². The topological polar surface area (TPSA) is 66.8 Å². The lowest BCUT2D eigenvalue weighted by Gasteiger charge is -2.35. The van der Waals surface area contributed by atoms with Crippen LogP contribution in [0.2, 0.25) is 0 Å². The smallest absolute Gasteiger partial charge is 0.314 e. The Morgan fingerprint density at radius 3 is 2.35 bits per heavy atom. The van der Waals surface area contributed by atoms with E-state index in [-0.39, 0.29) is 5.75 Å². The average Bonchev–Trinajstić information content (AvgIpc) is 2.45. The molecule has 0 atom stereocenters. The molecule has 0 radical (unpaired) electrons. The Hall–Kier alpha value is -1.71. The molecule has 0 saturated heterocycles. The van der Waals surface area contributed by atoms with Gasteiger partial charge in [-0.15, -0.1) is 0 Å². The van der Waals surface area contributed by atoms with E-state index >= 15 is 0 Å². The molecule has 110 valence electrons. The molecule has 1 saturated carbocycles. The lowest BCUT2D eigenvalue weighted by atomic mass is 9.68. The highest BCUT2D eigenvalue weighted by molar-refractivity contribution is 5.83. The van der Waals surface area contributed by atoms with E-state index in [1.54, 1.807) is 0 Å². The third-order valence-electron chi connectivity index (χ3n) is 4.60. The van der Waals surface area contributed by atoms with Crippen molar-refractivity contribution in [3.8, 4) is 11.5 Å². The van der Waals surface area contributed by atoms with Crippen LogP contribution in [0, 0.1) is 13.8 Å². The van der Waals surface area contributed by atoms with Crippen molar-refractivity contribution in [3.63, 3.8) is 0 Å². The molecular weight excluding hydrogens is 256 g/mol. The van der Waals surface area contributed by atoms with Crippen molar-refractivity contribution in [2.24, 2.45) is 0 Å². The van der Waals surface area contributed by atoms with Gasteiger partial charge in [0, 0.05) is 5.56 Å². The van der Waals surface area contributed by atoms with Crippen LogP contribution in [0.1, 0.15) is 48.8 Å². The summed E-state index contributed by atoms with van der Waals surface area (Å²) in [6.07, 6.45) is 4.04. The van der Waals surface area contributed by atoms with Crippen LogP contribution in [-0.4, -0.2) is 23.3 Å². The molecule has 2 N–H and O–H groups in total. The third-order valence-corrected chi connectivity index (χ3v) is 4.60. The largest absolute Gasteiger partial charge is 0.504 e. The number of hydrogen-bond acceptors (Lipinski definition) is 3. The Balaban J connectivity index is 2.68. The summed E-state index contributed by atoms with van der Waals surface area (Å²) in [5.41, 5.74) is 1.32. The zero-order valence-electron chi connectivity index (χ0n) is 12.3. The highest BCUT2D eigenvalue weighted by Crippen LogP contribution is 2.48. The van der Waals surface area contributed by atoms with Crippen LogP contribution in [0.15, 0.2) is 6.07 Å². The molecule has 0 amide bonds. The van der Waals surface area contributed by atoms with E-state index in [2.05, 4.69) is 0 Å². The van der Waals surface area contributed by atoms with Crippen molar-refractivity contribution < 1.29 is 19.7 Å². The molecule has 0 bridgehead atoms. The number of phenols is 1. The molecule has 20 heavy (non-hydrogen) atoms. The number of hydrogen-bond donors (Lipinski definition) is 2. The number of carbonyl (C=O) groups is 1. The van der Waals surface area contributed by atoms with E-state index < -0.39 is 11.4 Å². The van der Waals surface area contributed by atoms with Crippen LogP contribution in [0.3, 0.4) is 0 Å². The minimum absolute atomic E-state index is 0.0636. The van der Waals surface area contributed by atoms with E-state index in [9.17, 15) is 15.0 Å². The molecular formula is C16H22O4. The molecule has 0 unspecified atom stereocenters. The molecule has 0 spiro atoms. The zero-order valence-corrected chi connectivity index (χ0v) is 12.3. The standard InChI is InChI=1S/C16H22O4/c1-10-9-12(14(20-3)13(17)11(10)2)16(15(18)19)7-5-4-6-8-16/h9,17H,4-8H2,1-3H3,(H,18,19). The van der Waals surface area contributed by atoms with E-state index in [1.165, 1.54) is 7.11 Å². The number of ether oxygens (including phenoxy) is 1. The second kappa shape index (κ2) is 5.35. The normalized spacial score (nSPS) is 17.8. The summed E-state index contributed by atoms with van der Waals surface area (Å²) in [5.74, 6) is -0.441. The fraction of sp³-hybridized carbons (Fsp3) is 0.562. The number of carboxylic acid groups (broad SMARTS) is 1. The molecule has 4 nitrogen and oxygen atoms in total. The first-order valence-corrected chi connectivity index (χ1v) is 7.05. The molecule has 0 aromatic heterocycles. The summed E-state index contributed by atoms with van der Waals surface area (Å²) in [4.78, 5) is 11.9. The lowest BCUT2D eigenvalue weighted by Crippen LogP contribution is -2.38. The van der Waals surface area contributed by atoms with Crippen LogP contribution in [-0.2, 0) is 10.2 Å². The summed E-state index contributed by atoms with van der Waals surface area (Å²) < 4.78 is 5.33. The van der Waals surface area contributed by atoms with Gasteiger partial charge in [-0.25, -0.2) is 0 Å². The van der Waals surface area contributed by atoms with Crippen LogP contribution >= 0.6 is 0 Å². The Morgan fingerprint density at radius 1 is 1.25 bits per heavy atom. The van der Waals surface area contributed by atoms with Crippen LogP contribution in [0.25, 0.3) is 0 Å². The maximum Gasteiger partial charge on any atom is 0.314 e. The second-order valence-electron chi connectivity index (χ2n) is 5.70. The van der Waals surface area contributed by atoms with E-state index in [4.69, 9.17) is 4.74 Å². The summed E-state index contributed by atoms with van der Waals surface area (Å²) in [6.45, 7) is 3.70. The molecule has 1 aromatic carbocycles. The highest BCUT2D eigenvalue weighted by Gasteiger charge is 2.44. The summed E-state index contributed by atoms with van der Waals surface area (Å²) in [7, 11) is 1.48. The third kappa shape index (κ3) is 2.13. The number of methoxy groups -OCH3 is 1. The van der Waals surface area contributed by atoms with Gasteiger partial charge in [0.15, 0.2) is 11.5 Å². The number of carboxylic acids is 1. The first-order chi connectivity index (χ1) is 9.44. The van der Waals surface area contributed by atoms with Gasteiger partial charge >= 0.3 is 5.97 Å². The van der Waals surface area contributed by atoms with E-state index in [0.29, 0.717) is 24.2 Å².